The van der Waals surface area contributed by atoms with Crippen LogP contribution in [-0.4, -0.2) is 77.4 Å². The summed E-state index contributed by atoms with van der Waals surface area (Å²) in [6, 6.07) is 59.2. The number of nitrogens with one attached hydrogen (secondary N) is 1. The minimum Gasteiger partial charge on any atom is -0.478 e. The van der Waals surface area contributed by atoms with Crippen LogP contribution >= 0.6 is 0 Å². The number of fused-ring (bicyclic) bond motifs is 2. The summed E-state index contributed by atoms with van der Waals surface area (Å²) >= 11 is 0. The fourth-order valence-corrected chi connectivity index (χ4v) is 10.5. The van der Waals surface area contributed by atoms with Crippen LogP contribution in [0.5, 0.6) is 0 Å². The molecule has 2 heterocycles. The maximum absolute atomic E-state index is 13.1. The molecule has 0 spiro atoms. The van der Waals surface area contributed by atoms with Crippen LogP contribution in [0.15, 0.2) is 182 Å². The van der Waals surface area contributed by atoms with E-state index in [-0.39, 0.29) is 17.8 Å². The van der Waals surface area contributed by atoms with E-state index < -0.39 is 17.2 Å². The van der Waals surface area contributed by atoms with Gasteiger partial charge in [-0.15, -0.1) is 0 Å². The molecule has 0 saturated carbocycles. The SMILES string of the molecule is CN(C)c1ccc(CN)cc1.Cc1c(C)n(Cc2ccc(-c3ccccc3C(=O)OC(C)(C)C)cc2)c2ccc(C(=O)NCc3ccc(N(C)C)cc3)cc12.Cc1c(C)n(Cc2ccc(-c3ccccc3C(=O)OC(C)(C)C)cc2)c2ccc(C(=O)O)cc12. The first-order chi connectivity index (χ1) is 42.2. The number of hydrogen-bond donors (Lipinski definition) is 3. The molecule has 0 aliphatic rings. The molecule has 0 aliphatic heterocycles. The molecule has 10 aromatic rings. The monoisotopic (exact) mass is 1190 g/mol. The van der Waals surface area contributed by atoms with Gasteiger partial charge in [-0.05, 0) is 198 Å². The lowest BCUT2D eigenvalue weighted by Gasteiger charge is -2.20. The van der Waals surface area contributed by atoms with Gasteiger partial charge in [-0.2, -0.15) is 0 Å². The average Bonchev–Trinajstić information content (AvgIpc) is 1.98. The van der Waals surface area contributed by atoms with Crippen LogP contribution in [-0.2, 0) is 35.7 Å². The van der Waals surface area contributed by atoms with Gasteiger partial charge in [-0.3, -0.25) is 4.79 Å². The molecule has 13 nitrogen and oxygen atoms in total. The topological polar surface area (TPSA) is 161 Å². The zero-order valence-electron chi connectivity index (χ0n) is 53.9. The minimum absolute atomic E-state index is 0.0874. The number of aryl methyl sites for hydroxylation is 2. The quantitative estimate of drug-likeness (QED) is 0.0843. The van der Waals surface area contributed by atoms with E-state index in [1.54, 1.807) is 18.2 Å². The number of esters is 2. The van der Waals surface area contributed by atoms with Crippen molar-refractivity contribution >= 4 is 57.0 Å². The van der Waals surface area contributed by atoms with E-state index in [9.17, 15) is 24.3 Å². The van der Waals surface area contributed by atoms with Gasteiger partial charge in [-0.25, -0.2) is 14.4 Å². The van der Waals surface area contributed by atoms with Gasteiger partial charge < -0.3 is 44.6 Å². The Morgan fingerprint density at radius 3 is 1.24 bits per heavy atom. The maximum atomic E-state index is 13.1. The summed E-state index contributed by atoms with van der Waals surface area (Å²) in [5.41, 5.74) is 23.4. The van der Waals surface area contributed by atoms with Crippen LogP contribution in [0.25, 0.3) is 44.1 Å². The lowest BCUT2D eigenvalue weighted by molar-refractivity contribution is 0.00578. The molecule has 1 amide bonds. The van der Waals surface area contributed by atoms with Crippen molar-refractivity contribution < 1.29 is 33.8 Å². The second kappa shape index (κ2) is 28.0. The van der Waals surface area contributed by atoms with Crippen molar-refractivity contribution in [1.29, 1.82) is 0 Å². The summed E-state index contributed by atoms with van der Waals surface area (Å²) in [6.45, 7) is 22.0. The zero-order valence-corrected chi connectivity index (χ0v) is 53.9. The number of nitrogens with two attached hydrogens (primary N) is 1. The third-order valence-corrected chi connectivity index (χ3v) is 15.7. The van der Waals surface area contributed by atoms with E-state index in [0.717, 1.165) is 89.0 Å². The van der Waals surface area contributed by atoms with E-state index in [1.807, 2.05) is 168 Å². The second-order valence-electron chi connectivity index (χ2n) is 24.9. The summed E-state index contributed by atoms with van der Waals surface area (Å²) in [6.07, 6.45) is 0. The predicted octanol–water partition coefficient (Wildman–Crippen LogP) is 15.8. The number of aromatic nitrogens is 2. The maximum Gasteiger partial charge on any atom is 0.339 e. The molecule has 0 fully saturated rings. The van der Waals surface area contributed by atoms with E-state index in [0.29, 0.717) is 48.4 Å². The number of benzene rings is 8. The molecule has 0 radical (unpaired) electrons. The first-order valence-corrected chi connectivity index (χ1v) is 30.0. The predicted molar refractivity (Wildman–Crippen MR) is 363 cm³/mol. The van der Waals surface area contributed by atoms with E-state index in [1.165, 1.54) is 11.3 Å². The van der Waals surface area contributed by atoms with Gasteiger partial charge >= 0.3 is 17.9 Å². The Balaban J connectivity index is 0.000000201. The van der Waals surface area contributed by atoms with Crippen molar-refractivity contribution in [1.82, 2.24) is 14.5 Å². The third kappa shape index (κ3) is 16.3. The van der Waals surface area contributed by atoms with Gasteiger partial charge in [0.1, 0.15) is 11.2 Å². The van der Waals surface area contributed by atoms with E-state index >= 15 is 0 Å². The number of ether oxygens (including phenoxy) is 2. The van der Waals surface area contributed by atoms with Crippen LogP contribution in [0.3, 0.4) is 0 Å². The number of nitrogens with zero attached hydrogens (tertiary/aromatic N) is 4. The van der Waals surface area contributed by atoms with Crippen molar-refractivity contribution in [3.63, 3.8) is 0 Å². The summed E-state index contributed by atoms with van der Waals surface area (Å²) in [4.78, 5) is 54.2. The highest BCUT2D eigenvalue weighted by molar-refractivity contribution is 6.00. The van der Waals surface area contributed by atoms with Crippen LogP contribution in [0, 0.1) is 27.7 Å². The number of carbonyl (C=O) groups is 4. The number of carbonyl (C=O) groups excluding carboxylic acids is 3. The largest absolute Gasteiger partial charge is 0.478 e. The number of carboxylic acid groups (broad SMARTS) is 1. The molecular weight excluding hydrogens is 1110 g/mol. The van der Waals surface area contributed by atoms with Crippen molar-refractivity contribution in [3.8, 4) is 22.3 Å². The van der Waals surface area contributed by atoms with Gasteiger partial charge in [0.25, 0.3) is 5.91 Å². The molecule has 0 bridgehead atoms. The van der Waals surface area contributed by atoms with Gasteiger partial charge in [0, 0.05) is 105 Å². The normalized spacial score (nSPS) is 11.3. The molecule has 0 atom stereocenters. The summed E-state index contributed by atoms with van der Waals surface area (Å²) in [5.74, 6) is -1.67. The molecule has 8 aromatic carbocycles. The molecule has 4 N–H and O–H groups in total. The van der Waals surface area contributed by atoms with Crippen LogP contribution in [0.2, 0.25) is 0 Å². The highest BCUT2D eigenvalue weighted by atomic mass is 16.6. The summed E-state index contributed by atoms with van der Waals surface area (Å²) in [5, 5.41) is 14.4. The number of amides is 1. The Bertz CT molecular complexity index is 4140. The number of hydrogen-bond acceptors (Lipinski definition) is 9. The van der Waals surface area contributed by atoms with E-state index in [2.05, 4.69) is 118 Å². The first kappa shape index (κ1) is 65.3. The van der Waals surface area contributed by atoms with Crippen LogP contribution < -0.4 is 20.9 Å². The molecule has 13 heteroatoms. The number of rotatable bonds is 15. The molecule has 89 heavy (non-hydrogen) atoms. The van der Waals surface area contributed by atoms with Gasteiger partial charge in [-0.1, -0.05) is 109 Å². The third-order valence-electron chi connectivity index (χ3n) is 15.7. The van der Waals surface area contributed by atoms with Crippen molar-refractivity contribution in [2.45, 2.75) is 107 Å². The standard InChI is InChI=1S/C38H41N3O3.C29H29NO4.C9H14N2/c1-25-26(2)41(24-28-12-16-29(17-13-28)32-10-8-9-11-33(32)37(43)44-38(3,4)5)35-21-18-30(22-34(25)35)36(42)39-23-27-14-19-31(20-15-27)40(6)7;1-18-19(2)30(26-15-14-22(27(31)32)16-25(18)26)17-20-10-12-21(13-11-20)23-8-6-7-9-24(23)28(33)34-29(3,4)5;1-11(2)9-5-3-8(7-10)4-6-9/h8-22H,23-24H2,1-7H3,(H,39,42);6-16H,17H2,1-5H3,(H,31,32);3-6H,7,10H2,1-2H3. The Kier molecular flexibility index (Phi) is 20.5. The minimum atomic E-state index is -0.922. The molecule has 10 rings (SSSR count). The number of carboxylic acids is 1. The van der Waals surface area contributed by atoms with Gasteiger partial charge in [0.15, 0.2) is 0 Å². The fraction of sp³-hybridized carbons (Fsp3) is 0.263. The molecular formula is C76H84N6O7. The van der Waals surface area contributed by atoms with Gasteiger partial charge in [0.2, 0.25) is 0 Å². The van der Waals surface area contributed by atoms with Crippen molar-refractivity contribution in [3.05, 3.63) is 249 Å². The second-order valence-corrected chi connectivity index (χ2v) is 24.9. The summed E-state index contributed by atoms with van der Waals surface area (Å²) in [7, 11) is 8.07. The smallest absolute Gasteiger partial charge is 0.339 e. The highest BCUT2D eigenvalue weighted by Crippen LogP contribution is 2.32. The molecule has 0 unspecified atom stereocenters. The lowest BCUT2D eigenvalue weighted by Crippen LogP contribution is -2.24. The number of aromatic carboxylic acids is 1. The Labute approximate surface area is 524 Å². The van der Waals surface area contributed by atoms with Crippen molar-refractivity contribution in [2.75, 3.05) is 38.0 Å². The zero-order chi connectivity index (χ0) is 64.5. The van der Waals surface area contributed by atoms with E-state index in [4.69, 9.17) is 15.2 Å². The Morgan fingerprint density at radius 1 is 0.483 bits per heavy atom. The fourth-order valence-electron chi connectivity index (χ4n) is 10.5. The average molecular weight is 1190 g/mol. The molecule has 0 aliphatic carbocycles. The molecule has 2 aromatic heterocycles. The summed E-state index contributed by atoms with van der Waals surface area (Å²) < 4.78 is 15.7. The molecule has 0 saturated heterocycles. The Hall–Kier alpha value is -9.72. The molecule has 460 valence electrons. The number of anilines is 2. The Morgan fingerprint density at radius 2 is 0.854 bits per heavy atom. The first-order valence-electron chi connectivity index (χ1n) is 30.0. The lowest BCUT2D eigenvalue weighted by atomic mass is 9.98. The van der Waals surface area contributed by atoms with Crippen LogP contribution in [0.4, 0.5) is 11.4 Å². The highest BCUT2D eigenvalue weighted by Gasteiger charge is 2.23. The van der Waals surface area contributed by atoms with Crippen LogP contribution in [0.1, 0.15) is 128 Å². The van der Waals surface area contributed by atoms with Gasteiger partial charge in [0.05, 0.1) is 16.7 Å². The van der Waals surface area contributed by atoms with Crippen molar-refractivity contribution in [2.24, 2.45) is 5.73 Å².